The fourth-order valence-electron chi connectivity index (χ4n) is 2.24. The lowest BCUT2D eigenvalue weighted by atomic mass is 10.1. The number of rotatable bonds is 4. The number of hydrogen-bond donors (Lipinski definition) is 2. The molecule has 7 heteroatoms. The summed E-state index contributed by atoms with van der Waals surface area (Å²) >= 11 is 0. The summed E-state index contributed by atoms with van der Waals surface area (Å²) in [6.07, 6.45) is 0. The van der Waals surface area contributed by atoms with E-state index in [2.05, 4.69) is 10.1 Å². The zero-order valence-electron chi connectivity index (χ0n) is 10.9. The molecule has 0 aromatic heterocycles. The van der Waals surface area contributed by atoms with Crippen molar-refractivity contribution in [3.8, 4) is 5.75 Å². The van der Waals surface area contributed by atoms with Crippen molar-refractivity contribution in [1.29, 1.82) is 0 Å². The van der Waals surface area contributed by atoms with E-state index >= 15 is 0 Å². The molecule has 1 atom stereocenters. The number of alkyl halides is 2. The van der Waals surface area contributed by atoms with Gasteiger partial charge in [-0.15, -0.1) is 0 Å². The fourth-order valence-corrected chi connectivity index (χ4v) is 2.24. The van der Waals surface area contributed by atoms with Crippen LogP contribution in [0, 0.1) is 0 Å². The smallest absolute Gasteiger partial charge is 0.387 e. The summed E-state index contributed by atoms with van der Waals surface area (Å²) < 4.78 is 29.1. The quantitative estimate of drug-likeness (QED) is 0.853. The Morgan fingerprint density at radius 3 is 2.95 bits per heavy atom. The number of carbonyl (C=O) groups is 1. The second kappa shape index (κ2) is 6.62. The number of nitrogens with two attached hydrogens (primary N) is 1. The highest BCUT2D eigenvalue weighted by Crippen LogP contribution is 2.23. The van der Waals surface area contributed by atoms with Crippen LogP contribution in [-0.2, 0) is 0 Å². The standard InChI is InChI=1S/C13H17F2N3O2/c14-13(15)20-11-4-2-1-3-10(11)12(19)18-6-5-17-8-9(18)7-16/h1-4,9,13,17H,5-8,16H2. The van der Waals surface area contributed by atoms with Gasteiger partial charge in [0.15, 0.2) is 0 Å². The second-order valence-corrected chi connectivity index (χ2v) is 4.47. The van der Waals surface area contributed by atoms with Gasteiger partial charge in [0.2, 0.25) is 0 Å². The molecule has 2 rings (SSSR count). The van der Waals surface area contributed by atoms with Gasteiger partial charge in [0.05, 0.1) is 11.6 Å². The van der Waals surface area contributed by atoms with Gasteiger partial charge in [-0.2, -0.15) is 8.78 Å². The van der Waals surface area contributed by atoms with Crippen molar-refractivity contribution in [2.45, 2.75) is 12.7 Å². The van der Waals surface area contributed by atoms with Gasteiger partial charge in [-0.3, -0.25) is 4.79 Å². The van der Waals surface area contributed by atoms with Crippen LogP contribution in [0.15, 0.2) is 24.3 Å². The van der Waals surface area contributed by atoms with Gasteiger partial charge < -0.3 is 20.7 Å². The molecule has 0 radical (unpaired) electrons. The summed E-state index contributed by atoms with van der Waals surface area (Å²) in [6, 6.07) is 5.86. The van der Waals surface area contributed by atoms with Crippen LogP contribution in [0.1, 0.15) is 10.4 Å². The normalized spacial score (nSPS) is 19.2. The third-order valence-corrected chi connectivity index (χ3v) is 3.22. The monoisotopic (exact) mass is 285 g/mol. The van der Waals surface area contributed by atoms with E-state index in [9.17, 15) is 13.6 Å². The van der Waals surface area contributed by atoms with Crippen molar-refractivity contribution in [2.75, 3.05) is 26.2 Å². The lowest BCUT2D eigenvalue weighted by molar-refractivity contribution is -0.0503. The first-order chi connectivity index (χ1) is 9.63. The molecule has 1 fully saturated rings. The van der Waals surface area contributed by atoms with Crippen LogP contribution in [0.5, 0.6) is 5.75 Å². The molecule has 1 unspecified atom stereocenters. The topological polar surface area (TPSA) is 67.6 Å². The number of para-hydroxylation sites is 1. The number of hydrogen-bond acceptors (Lipinski definition) is 4. The molecule has 1 aromatic rings. The van der Waals surface area contributed by atoms with E-state index in [0.29, 0.717) is 26.2 Å². The van der Waals surface area contributed by atoms with Gasteiger partial charge >= 0.3 is 6.61 Å². The zero-order valence-corrected chi connectivity index (χ0v) is 10.9. The maximum absolute atomic E-state index is 12.5. The van der Waals surface area contributed by atoms with Crippen molar-refractivity contribution < 1.29 is 18.3 Å². The number of ether oxygens (including phenoxy) is 1. The summed E-state index contributed by atoms with van der Waals surface area (Å²) in [4.78, 5) is 14.1. The Labute approximate surface area is 115 Å². The molecule has 0 aliphatic carbocycles. The molecular formula is C13H17F2N3O2. The van der Waals surface area contributed by atoms with Crippen LogP contribution in [-0.4, -0.2) is 49.6 Å². The molecule has 0 saturated carbocycles. The minimum absolute atomic E-state index is 0.109. The molecule has 3 N–H and O–H groups in total. The van der Waals surface area contributed by atoms with Crippen molar-refractivity contribution >= 4 is 5.91 Å². The summed E-state index contributed by atoms with van der Waals surface area (Å²) in [5.41, 5.74) is 5.78. The first-order valence-corrected chi connectivity index (χ1v) is 6.39. The van der Waals surface area contributed by atoms with Crippen LogP contribution < -0.4 is 15.8 Å². The Morgan fingerprint density at radius 2 is 2.25 bits per heavy atom. The lowest BCUT2D eigenvalue weighted by Crippen LogP contribution is -2.56. The minimum atomic E-state index is -2.96. The highest BCUT2D eigenvalue weighted by molar-refractivity contribution is 5.97. The predicted octanol–water partition coefficient (Wildman–Crippen LogP) is 0.661. The van der Waals surface area contributed by atoms with Crippen molar-refractivity contribution in [3.63, 3.8) is 0 Å². The highest BCUT2D eigenvalue weighted by Gasteiger charge is 2.28. The maximum atomic E-state index is 12.5. The Balaban J connectivity index is 2.23. The first-order valence-electron chi connectivity index (χ1n) is 6.39. The third-order valence-electron chi connectivity index (χ3n) is 3.22. The first kappa shape index (κ1) is 14.7. The number of amides is 1. The molecule has 0 bridgehead atoms. The van der Waals surface area contributed by atoms with Gasteiger partial charge in [-0.05, 0) is 12.1 Å². The number of halogens is 2. The molecule has 1 saturated heterocycles. The number of nitrogens with zero attached hydrogens (tertiary/aromatic N) is 1. The predicted molar refractivity (Wildman–Crippen MR) is 69.8 cm³/mol. The second-order valence-electron chi connectivity index (χ2n) is 4.47. The van der Waals surface area contributed by atoms with Crippen LogP contribution in [0.4, 0.5) is 8.78 Å². The van der Waals surface area contributed by atoms with E-state index in [1.807, 2.05) is 0 Å². The molecule has 1 heterocycles. The summed E-state index contributed by atoms with van der Waals surface area (Å²) in [5.74, 6) is -0.444. The Hall–Kier alpha value is -1.73. The van der Waals surface area contributed by atoms with E-state index in [4.69, 9.17) is 5.73 Å². The summed E-state index contributed by atoms with van der Waals surface area (Å²) in [7, 11) is 0. The van der Waals surface area contributed by atoms with Crippen LogP contribution >= 0.6 is 0 Å². The molecule has 20 heavy (non-hydrogen) atoms. The van der Waals surface area contributed by atoms with E-state index < -0.39 is 6.61 Å². The zero-order chi connectivity index (χ0) is 14.5. The van der Waals surface area contributed by atoms with E-state index in [1.165, 1.54) is 12.1 Å². The van der Waals surface area contributed by atoms with Crippen LogP contribution in [0.25, 0.3) is 0 Å². The third kappa shape index (κ3) is 3.23. The van der Waals surface area contributed by atoms with E-state index in [0.717, 1.165) is 0 Å². The van der Waals surface area contributed by atoms with Gasteiger partial charge in [-0.1, -0.05) is 12.1 Å². The summed E-state index contributed by atoms with van der Waals surface area (Å²) in [5, 5.41) is 3.14. The Kier molecular flexibility index (Phi) is 4.86. The minimum Gasteiger partial charge on any atom is -0.434 e. The lowest BCUT2D eigenvalue weighted by Gasteiger charge is -2.35. The van der Waals surface area contributed by atoms with Crippen molar-refractivity contribution in [1.82, 2.24) is 10.2 Å². The van der Waals surface area contributed by atoms with Crippen LogP contribution in [0.3, 0.4) is 0 Å². The molecule has 1 amide bonds. The number of piperazine rings is 1. The molecule has 1 aromatic carbocycles. The van der Waals surface area contributed by atoms with Gasteiger partial charge in [0.1, 0.15) is 5.75 Å². The Bertz CT molecular complexity index is 471. The van der Waals surface area contributed by atoms with E-state index in [-0.39, 0.29) is 23.3 Å². The van der Waals surface area contributed by atoms with E-state index in [1.54, 1.807) is 17.0 Å². The number of nitrogens with one attached hydrogen (secondary N) is 1. The maximum Gasteiger partial charge on any atom is 0.387 e. The average Bonchev–Trinajstić information content (AvgIpc) is 2.46. The highest BCUT2D eigenvalue weighted by atomic mass is 19.3. The fraction of sp³-hybridized carbons (Fsp3) is 0.462. The van der Waals surface area contributed by atoms with Gasteiger partial charge in [0, 0.05) is 26.2 Å². The summed E-state index contributed by atoms with van der Waals surface area (Å²) in [6.45, 7) is -0.905. The van der Waals surface area contributed by atoms with Gasteiger partial charge in [-0.25, -0.2) is 0 Å². The SMILES string of the molecule is NCC1CNCCN1C(=O)c1ccccc1OC(F)F. The molecule has 0 spiro atoms. The number of carbonyl (C=O) groups excluding carboxylic acids is 1. The molecule has 5 nitrogen and oxygen atoms in total. The Morgan fingerprint density at radius 1 is 1.50 bits per heavy atom. The molecule has 1 aliphatic heterocycles. The average molecular weight is 285 g/mol. The van der Waals surface area contributed by atoms with Gasteiger partial charge in [0.25, 0.3) is 5.91 Å². The van der Waals surface area contributed by atoms with Crippen LogP contribution in [0.2, 0.25) is 0 Å². The largest absolute Gasteiger partial charge is 0.434 e. The molecule has 110 valence electrons. The van der Waals surface area contributed by atoms with Crippen molar-refractivity contribution in [3.05, 3.63) is 29.8 Å². The van der Waals surface area contributed by atoms with Crippen molar-refractivity contribution in [2.24, 2.45) is 5.73 Å². The molecular weight excluding hydrogens is 268 g/mol. The molecule has 1 aliphatic rings. The number of benzene rings is 1.